The third kappa shape index (κ3) is 8.50. The summed E-state index contributed by atoms with van der Waals surface area (Å²) in [5.74, 6) is 0.443. The fourth-order valence-electron chi connectivity index (χ4n) is 4.18. The van der Waals surface area contributed by atoms with E-state index in [1.165, 1.54) is 83.5 Å². The maximum atomic E-state index is 10.7. The summed E-state index contributed by atoms with van der Waals surface area (Å²) in [6.07, 6.45) is 23.6. The lowest BCUT2D eigenvalue weighted by atomic mass is 9.96. The van der Waals surface area contributed by atoms with Crippen LogP contribution in [0.4, 0.5) is 0 Å². The highest BCUT2D eigenvalue weighted by atomic mass is 16.5. The van der Waals surface area contributed by atoms with E-state index < -0.39 is 0 Å². The molecule has 0 bridgehead atoms. The lowest BCUT2D eigenvalue weighted by Gasteiger charge is -2.28. The first kappa shape index (κ1) is 24.1. The van der Waals surface area contributed by atoms with Crippen LogP contribution in [0.25, 0.3) is 0 Å². The Morgan fingerprint density at radius 2 is 1.23 bits per heavy atom. The zero-order chi connectivity index (χ0) is 21.7. The number of aryl methyl sites for hydroxylation is 1. The Hall–Kier alpha value is -1.52. The van der Waals surface area contributed by atoms with Crippen molar-refractivity contribution in [2.24, 2.45) is 0 Å². The zero-order valence-corrected chi connectivity index (χ0v) is 19.7. The van der Waals surface area contributed by atoms with Gasteiger partial charge in [0.25, 0.3) is 5.88 Å². The zero-order valence-electron chi connectivity index (χ0n) is 19.7. The Balaban J connectivity index is 1.35. The number of hydrogen-bond donors (Lipinski definition) is 1. The van der Waals surface area contributed by atoms with E-state index >= 15 is 0 Å². The third-order valence-corrected chi connectivity index (χ3v) is 6.83. The second-order valence-electron chi connectivity index (χ2n) is 9.59. The van der Waals surface area contributed by atoms with Crippen molar-refractivity contribution < 1.29 is 14.6 Å². The van der Waals surface area contributed by atoms with Gasteiger partial charge >= 0.3 is 6.01 Å². The topological polar surface area (TPSA) is 64.5 Å². The molecule has 3 rings (SSSR count). The molecule has 1 aromatic heterocycles. The molecule has 1 N–H and O–H groups in total. The number of ether oxygens (including phenoxy) is 2. The molecule has 1 aromatic rings. The van der Waals surface area contributed by atoms with E-state index in [0.29, 0.717) is 17.6 Å². The Morgan fingerprint density at radius 1 is 0.710 bits per heavy atom. The first-order valence-corrected chi connectivity index (χ1v) is 13.2. The quantitative estimate of drug-likeness (QED) is 0.262. The van der Waals surface area contributed by atoms with Gasteiger partial charge in [-0.15, -0.1) is 0 Å². The van der Waals surface area contributed by atoms with Crippen molar-refractivity contribution in [1.82, 2.24) is 9.97 Å². The maximum Gasteiger partial charge on any atom is 0.320 e. The molecule has 0 atom stereocenters. The highest BCUT2D eigenvalue weighted by molar-refractivity contribution is 5.38. The number of aromatic hydroxyl groups is 1. The summed E-state index contributed by atoms with van der Waals surface area (Å²) in [5, 5.41) is 10.7. The first-order chi connectivity index (χ1) is 15.3. The minimum absolute atomic E-state index is 0.121. The van der Waals surface area contributed by atoms with Crippen molar-refractivity contribution in [2.75, 3.05) is 0 Å². The molecular formula is C26H44N2O3. The van der Waals surface area contributed by atoms with Gasteiger partial charge in [0.15, 0.2) is 0 Å². The average Bonchev–Trinajstić information content (AvgIpc) is 2.70. The summed E-state index contributed by atoms with van der Waals surface area (Å²) in [6.45, 7) is 2.27. The molecule has 0 aromatic carbocycles. The van der Waals surface area contributed by atoms with Crippen LogP contribution in [0, 0.1) is 0 Å². The van der Waals surface area contributed by atoms with Gasteiger partial charge in [-0.1, -0.05) is 77.6 Å². The fraction of sp³-hybridized carbons (Fsp3) is 0.846. The second-order valence-corrected chi connectivity index (χ2v) is 9.59. The summed E-state index contributed by atoms with van der Waals surface area (Å²) in [6, 6.07) is 0.380. The molecule has 0 spiro atoms. The molecule has 5 heteroatoms. The predicted molar refractivity (Wildman–Crippen MR) is 125 cm³/mol. The average molecular weight is 433 g/mol. The molecule has 0 radical (unpaired) electrons. The number of hydrogen-bond acceptors (Lipinski definition) is 5. The molecule has 2 saturated carbocycles. The number of unbranched alkanes of at least 4 members (excludes halogenated alkanes) is 11. The molecule has 0 saturated heterocycles. The van der Waals surface area contributed by atoms with Gasteiger partial charge in [0.1, 0.15) is 12.2 Å². The van der Waals surface area contributed by atoms with Gasteiger partial charge in [0, 0.05) is 0 Å². The molecule has 5 nitrogen and oxygen atoms in total. The van der Waals surface area contributed by atoms with Crippen molar-refractivity contribution >= 4 is 0 Å². The Kier molecular flexibility index (Phi) is 10.7. The second kappa shape index (κ2) is 13.8. The van der Waals surface area contributed by atoms with Gasteiger partial charge in [0.2, 0.25) is 5.75 Å². The van der Waals surface area contributed by atoms with Gasteiger partial charge < -0.3 is 14.6 Å². The van der Waals surface area contributed by atoms with E-state index in [-0.39, 0.29) is 18.0 Å². The molecule has 2 fully saturated rings. The molecule has 0 unspecified atom stereocenters. The summed E-state index contributed by atoms with van der Waals surface area (Å²) in [4.78, 5) is 8.91. The van der Waals surface area contributed by atoms with Crippen LogP contribution in [0.1, 0.15) is 128 Å². The van der Waals surface area contributed by atoms with Crippen LogP contribution in [0.15, 0.2) is 0 Å². The van der Waals surface area contributed by atoms with E-state index in [0.717, 1.165) is 38.5 Å². The minimum atomic E-state index is 0.121. The Morgan fingerprint density at radius 3 is 1.74 bits per heavy atom. The van der Waals surface area contributed by atoms with Gasteiger partial charge in [-0.05, 0) is 51.4 Å². The van der Waals surface area contributed by atoms with Crippen LogP contribution in [0.5, 0.6) is 17.6 Å². The van der Waals surface area contributed by atoms with Crippen LogP contribution in [0.2, 0.25) is 0 Å². The van der Waals surface area contributed by atoms with Gasteiger partial charge in [0.05, 0.1) is 5.69 Å². The predicted octanol–water partition coefficient (Wildman–Crippen LogP) is 7.29. The maximum absolute atomic E-state index is 10.7. The molecule has 0 aliphatic heterocycles. The number of rotatable bonds is 17. The van der Waals surface area contributed by atoms with E-state index in [4.69, 9.17) is 9.47 Å². The first-order valence-electron chi connectivity index (χ1n) is 13.2. The van der Waals surface area contributed by atoms with Crippen molar-refractivity contribution in [3.05, 3.63) is 5.69 Å². The molecule has 2 aliphatic rings. The normalized spacial score (nSPS) is 16.7. The van der Waals surface area contributed by atoms with Crippen LogP contribution < -0.4 is 9.47 Å². The molecule has 1 heterocycles. The standard InChI is InChI=1S/C26H44N2O3/c1-2-3-4-5-6-7-8-9-10-11-12-13-20-23-24(29)25(30-21-16-14-17-21)28-26(27-23)31-22-18-15-19-22/h21-22,29H,2-20H2,1H3. The molecule has 0 amide bonds. The van der Waals surface area contributed by atoms with Crippen LogP contribution in [-0.4, -0.2) is 27.3 Å². The van der Waals surface area contributed by atoms with Crippen LogP contribution in [0.3, 0.4) is 0 Å². The summed E-state index contributed by atoms with van der Waals surface area (Å²) >= 11 is 0. The Labute approximate surface area is 189 Å². The van der Waals surface area contributed by atoms with Crippen LogP contribution in [-0.2, 0) is 6.42 Å². The van der Waals surface area contributed by atoms with Gasteiger partial charge in [-0.2, -0.15) is 9.97 Å². The lowest BCUT2D eigenvalue weighted by Crippen LogP contribution is -2.27. The monoisotopic (exact) mass is 432 g/mol. The molecular weight excluding hydrogens is 388 g/mol. The van der Waals surface area contributed by atoms with Gasteiger partial charge in [-0.3, -0.25) is 0 Å². The van der Waals surface area contributed by atoms with Gasteiger partial charge in [-0.25, -0.2) is 0 Å². The van der Waals surface area contributed by atoms with Crippen molar-refractivity contribution in [1.29, 1.82) is 0 Å². The molecule has 2 aliphatic carbocycles. The fourth-order valence-corrected chi connectivity index (χ4v) is 4.18. The Bertz CT molecular complexity index is 629. The van der Waals surface area contributed by atoms with Crippen molar-refractivity contribution in [3.8, 4) is 17.6 Å². The number of aromatic nitrogens is 2. The van der Waals surface area contributed by atoms with E-state index in [9.17, 15) is 5.11 Å². The number of nitrogens with zero attached hydrogens (tertiary/aromatic N) is 2. The van der Waals surface area contributed by atoms with Crippen molar-refractivity contribution in [3.63, 3.8) is 0 Å². The van der Waals surface area contributed by atoms with E-state index in [1.54, 1.807) is 0 Å². The highest BCUT2D eigenvalue weighted by Crippen LogP contribution is 2.35. The molecule has 31 heavy (non-hydrogen) atoms. The lowest BCUT2D eigenvalue weighted by molar-refractivity contribution is 0.0930. The largest absolute Gasteiger partial charge is 0.502 e. The molecule has 176 valence electrons. The third-order valence-electron chi connectivity index (χ3n) is 6.83. The minimum Gasteiger partial charge on any atom is -0.502 e. The summed E-state index contributed by atoms with van der Waals surface area (Å²) in [7, 11) is 0. The smallest absolute Gasteiger partial charge is 0.320 e. The highest BCUT2D eigenvalue weighted by Gasteiger charge is 2.26. The SMILES string of the molecule is CCCCCCCCCCCCCCc1nc(OC2CCC2)nc(OC2CCC2)c1O. The van der Waals surface area contributed by atoms with E-state index in [2.05, 4.69) is 16.9 Å². The van der Waals surface area contributed by atoms with Crippen molar-refractivity contribution in [2.45, 2.75) is 141 Å². The summed E-state index contributed by atoms with van der Waals surface area (Å²) in [5.41, 5.74) is 0.686. The van der Waals surface area contributed by atoms with Crippen LogP contribution >= 0.6 is 0 Å². The van der Waals surface area contributed by atoms with E-state index in [1.807, 2.05) is 0 Å². The summed E-state index contributed by atoms with van der Waals surface area (Å²) < 4.78 is 11.8.